The number of methoxy groups -OCH3 is 1. The highest BCUT2D eigenvalue weighted by atomic mass is 35.5. The number of nitrogens with zero attached hydrogens (tertiary/aromatic N) is 1. The molecular formula is C16H24ClN3O4. The molecule has 134 valence electrons. The number of benzene rings is 1. The van der Waals surface area contributed by atoms with Gasteiger partial charge < -0.3 is 25.0 Å². The van der Waals surface area contributed by atoms with Gasteiger partial charge in [0.15, 0.2) is 0 Å². The van der Waals surface area contributed by atoms with Gasteiger partial charge in [-0.3, -0.25) is 9.59 Å². The molecule has 1 heterocycles. The van der Waals surface area contributed by atoms with Crippen molar-refractivity contribution in [1.82, 2.24) is 10.2 Å². The maximum absolute atomic E-state index is 12.5. The minimum atomic E-state index is -0.131. The Bertz CT molecular complexity index is 562. The second kappa shape index (κ2) is 10.1. The number of carbonyl (C=O) groups is 2. The van der Waals surface area contributed by atoms with Crippen molar-refractivity contribution in [2.24, 2.45) is 0 Å². The first-order valence-electron chi connectivity index (χ1n) is 7.65. The number of amides is 2. The lowest BCUT2D eigenvalue weighted by molar-refractivity contribution is -0.116. The van der Waals surface area contributed by atoms with Crippen molar-refractivity contribution >= 4 is 29.9 Å². The summed E-state index contributed by atoms with van der Waals surface area (Å²) in [6.45, 7) is 2.84. The van der Waals surface area contributed by atoms with Crippen molar-refractivity contribution in [3.05, 3.63) is 23.8 Å². The van der Waals surface area contributed by atoms with Crippen molar-refractivity contribution < 1.29 is 19.1 Å². The third-order valence-electron chi connectivity index (χ3n) is 3.62. The average Bonchev–Trinajstić information content (AvgIpc) is 2.60. The van der Waals surface area contributed by atoms with E-state index >= 15 is 0 Å². The molecule has 0 saturated carbocycles. The van der Waals surface area contributed by atoms with E-state index < -0.39 is 0 Å². The Morgan fingerprint density at radius 1 is 1.29 bits per heavy atom. The molecule has 8 heteroatoms. The lowest BCUT2D eigenvalue weighted by Crippen LogP contribution is -2.40. The predicted molar refractivity (Wildman–Crippen MR) is 94.1 cm³/mol. The lowest BCUT2D eigenvalue weighted by Gasteiger charge is -2.27. The summed E-state index contributed by atoms with van der Waals surface area (Å²) in [5.41, 5.74) is 1.03. The van der Waals surface area contributed by atoms with E-state index in [2.05, 4.69) is 10.6 Å². The van der Waals surface area contributed by atoms with Crippen LogP contribution in [0.2, 0.25) is 0 Å². The third kappa shape index (κ3) is 5.36. The van der Waals surface area contributed by atoms with Gasteiger partial charge in [-0.2, -0.15) is 0 Å². The highest BCUT2D eigenvalue weighted by molar-refractivity contribution is 5.98. The number of hydrogen-bond acceptors (Lipinski definition) is 5. The quantitative estimate of drug-likeness (QED) is 0.798. The van der Waals surface area contributed by atoms with Gasteiger partial charge in [-0.05, 0) is 25.2 Å². The van der Waals surface area contributed by atoms with Crippen molar-refractivity contribution in [3.63, 3.8) is 0 Å². The fourth-order valence-electron chi connectivity index (χ4n) is 2.34. The Kier molecular flexibility index (Phi) is 8.53. The van der Waals surface area contributed by atoms with Gasteiger partial charge in [0, 0.05) is 31.6 Å². The fourth-order valence-corrected chi connectivity index (χ4v) is 2.34. The van der Waals surface area contributed by atoms with E-state index in [0.29, 0.717) is 56.3 Å². The standard InChI is InChI=1S/C16H23N3O4.ClH/c1-17-6-5-15(20)18-13-11-12(3-4-14(13)22-2)16(21)19-7-9-23-10-8-19;/h3-4,11,17H,5-10H2,1-2H3,(H,18,20);1H. The molecule has 1 aliphatic heterocycles. The van der Waals surface area contributed by atoms with Crippen molar-refractivity contribution in [3.8, 4) is 5.75 Å². The van der Waals surface area contributed by atoms with Crippen LogP contribution in [0.25, 0.3) is 0 Å². The molecule has 0 aromatic heterocycles. The van der Waals surface area contributed by atoms with Gasteiger partial charge in [0.25, 0.3) is 5.91 Å². The van der Waals surface area contributed by atoms with Gasteiger partial charge >= 0.3 is 0 Å². The molecule has 0 aliphatic carbocycles. The zero-order valence-electron chi connectivity index (χ0n) is 14.0. The van der Waals surface area contributed by atoms with Crippen LogP contribution in [0.5, 0.6) is 5.75 Å². The molecule has 0 spiro atoms. The van der Waals surface area contributed by atoms with Gasteiger partial charge in [0.05, 0.1) is 26.0 Å². The van der Waals surface area contributed by atoms with Crippen LogP contribution < -0.4 is 15.4 Å². The Labute approximate surface area is 148 Å². The molecule has 0 atom stereocenters. The average molecular weight is 358 g/mol. The Hall–Kier alpha value is -1.83. The first-order valence-corrected chi connectivity index (χ1v) is 7.65. The predicted octanol–water partition coefficient (Wildman–Crippen LogP) is 1.14. The number of halogens is 1. The number of rotatable bonds is 6. The third-order valence-corrected chi connectivity index (χ3v) is 3.62. The van der Waals surface area contributed by atoms with Gasteiger partial charge in [-0.1, -0.05) is 0 Å². The summed E-state index contributed by atoms with van der Waals surface area (Å²) in [4.78, 5) is 26.2. The van der Waals surface area contributed by atoms with E-state index in [1.165, 1.54) is 7.11 Å². The largest absolute Gasteiger partial charge is 0.495 e. The van der Waals surface area contributed by atoms with E-state index in [9.17, 15) is 9.59 Å². The monoisotopic (exact) mass is 357 g/mol. The maximum atomic E-state index is 12.5. The summed E-state index contributed by atoms with van der Waals surface area (Å²) in [5.74, 6) is 0.330. The van der Waals surface area contributed by atoms with Crippen molar-refractivity contribution in [1.29, 1.82) is 0 Å². The summed E-state index contributed by atoms with van der Waals surface area (Å²) >= 11 is 0. The molecule has 7 nitrogen and oxygen atoms in total. The highest BCUT2D eigenvalue weighted by Crippen LogP contribution is 2.26. The van der Waals surface area contributed by atoms with Crippen LogP contribution in [0.4, 0.5) is 5.69 Å². The topological polar surface area (TPSA) is 79.9 Å². The summed E-state index contributed by atoms with van der Waals surface area (Å²) in [6, 6.07) is 5.06. The van der Waals surface area contributed by atoms with Crippen LogP contribution >= 0.6 is 12.4 Å². The fraction of sp³-hybridized carbons (Fsp3) is 0.500. The molecule has 1 aromatic carbocycles. The Balaban J connectivity index is 0.00000288. The normalized spacial score (nSPS) is 13.8. The second-order valence-corrected chi connectivity index (χ2v) is 5.22. The zero-order valence-corrected chi connectivity index (χ0v) is 14.8. The van der Waals surface area contributed by atoms with Crippen molar-refractivity contribution in [2.45, 2.75) is 6.42 Å². The first kappa shape index (κ1) is 20.2. The van der Waals surface area contributed by atoms with E-state index in [4.69, 9.17) is 9.47 Å². The molecule has 24 heavy (non-hydrogen) atoms. The number of morpholine rings is 1. The van der Waals surface area contributed by atoms with Crippen LogP contribution in [0.3, 0.4) is 0 Å². The molecule has 1 fully saturated rings. The summed E-state index contributed by atoms with van der Waals surface area (Å²) in [6.07, 6.45) is 0.349. The summed E-state index contributed by atoms with van der Waals surface area (Å²) in [7, 11) is 3.32. The number of carbonyl (C=O) groups excluding carboxylic acids is 2. The van der Waals surface area contributed by atoms with Crippen LogP contribution in [0, 0.1) is 0 Å². The molecule has 0 bridgehead atoms. The molecule has 2 N–H and O–H groups in total. The molecule has 0 unspecified atom stereocenters. The SMILES string of the molecule is CNCCC(=O)Nc1cc(C(=O)N2CCOCC2)ccc1OC.Cl. The smallest absolute Gasteiger partial charge is 0.254 e. The number of anilines is 1. The maximum Gasteiger partial charge on any atom is 0.254 e. The minimum absolute atomic E-state index is 0. The van der Waals surface area contributed by atoms with Gasteiger partial charge in [0.2, 0.25) is 5.91 Å². The molecule has 2 amide bonds. The minimum Gasteiger partial charge on any atom is -0.495 e. The Morgan fingerprint density at radius 3 is 2.62 bits per heavy atom. The van der Waals surface area contributed by atoms with Crippen LogP contribution in [0.1, 0.15) is 16.8 Å². The van der Waals surface area contributed by atoms with Crippen LogP contribution in [0.15, 0.2) is 18.2 Å². The molecule has 1 saturated heterocycles. The molecule has 0 radical (unpaired) electrons. The van der Waals surface area contributed by atoms with E-state index in [-0.39, 0.29) is 24.2 Å². The number of hydrogen-bond donors (Lipinski definition) is 2. The number of nitrogens with one attached hydrogen (secondary N) is 2. The van der Waals surface area contributed by atoms with Crippen LogP contribution in [-0.2, 0) is 9.53 Å². The summed E-state index contributed by atoms with van der Waals surface area (Å²) < 4.78 is 10.5. The molecule has 2 rings (SSSR count). The molecular weight excluding hydrogens is 334 g/mol. The van der Waals surface area contributed by atoms with Gasteiger partial charge in [-0.15, -0.1) is 12.4 Å². The highest BCUT2D eigenvalue weighted by Gasteiger charge is 2.20. The van der Waals surface area contributed by atoms with E-state index in [1.807, 2.05) is 0 Å². The Morgan fingerprint density at radius 2 is 2.00 bits per heavy atom. The van der Waals surface area contributed by atoms with Crippen molar-refractivity contribution in [2.75, 3.05) is 52.3 Å². The molecule has 1 aromatic rings. The van der Waals surface area contributed by atoms with Gasteiger partial charge in [-0.25, -0.2) is 0 Å². The van der Waals surface area contributed by atoms with E-state index in [1.54, 1.807) is 30.1 Å². The van der Waals surface area contributed by atoms with E-state index in [0.717, 1.165) is 0 Å². The lowest BCUT2D eigenvalue weighted by atomic mass is 10.1. The van der Waals surface area contributed by atoms with Gasteiger partial charge in [0.1, 0.15) is 5.75 Å². The number of ether oxygens (including phenoxy) is 2. The second-order valence-electron chi connectivity index (χ2n) is 5.22. The first-order chi connectivity index (χ1) is 11.2. The van der Waals surface area contributed by atoms with Crippen LogP contribution in [-0.4, -0.2) is 63.7 Å². The summed E-state index contributed by atoms with van der Waals surface area (Å²) in [5, 5.41) is 5.72. The molecule has 1 aliphatic rings. The zero-order chi connectivity index (χ0) is 16.7.